The van der Waals surface area contributed by atoms with Crippen molar-refractivity contribution in [2.75, 3.05) is 40.0 Å². The molecule has 0 radical (unpaired) electrons. The monoisotopic (exact) mass is 291 g/mol. The summed E-state index contributed by atoms with van der Waals surface area (Å²) < 4.78 is 9.50. The van der Waals surface area contributed by atoms with E-state index < -0.39 is 24.6 Å². The number of urea groups is 1. The number of methoxy groups -OCH3 is 1. The van der Waals surface area contributed by atoms with Crippen molar-refractivity contribution in [2.45, 2.75) is 13.0 Å². The third kappa shape index (κ3) is 10.1. The van der Waals surface area contributed by atoms with Gasteiger partial charge in [-0.1, -0.05) is 0 Å². The van der Waals surface area contributed by atoms with Crippen molar-refractivity contribution in [1.82, 2.24) is 16.0 Å². The Hall–Kier alpha value is -1.87. The summed E-state index contributed by atoms with van der Waals surface area (Å²) in [5, 5.41) is 15.8. The second-order valence-corrected chi connectivity index (χ2v) is 3.85. The Morgan fingerprint density at radius 3 is 2.40 bits per heavy atom. The first-order valence-electron chi connectivity index (χ1n) is 6.08. The highest BCUT2D eigenvalue weighted by atomic mass is 16.5. The lowest BCUT2D eigenvalue weighted by Gasteiger charge is -2.14. The average Bonchev–Trinajstić information content (AvgIpc) is 2.38. The van der Waals surface area contributed by atoms with Gasteiger partial charge >= 0.3 is 12.0 Å². The summed E-state index contributed by atoms with van der Waals surface area (Å²) in [5.74, 6) is -1.39. The third-order valence-corrected chi connectivity index (χ3v) is 2.10. The maximum Gasteiger partial charge on any atom is 0.329 e. The number of carboxylic acids is 1. The number of carboxylic acid groups (broad SMARTS) is 1. The van der Waals surface area contributed by atoms with E-state index in [2.05, 4.69) is 16.0 Å². The van der Waals surface area contributed by atoms with Gasteiger partial charge in [-0.3, -0.25) is 4.79 Å². The van der Waals surface area contributed by atoms with Crippen LogP contribution in [0.4, 0.5) is 4.79 Å². The quantitative estimate of drug-likeness (QED) is 0.364. The summed E-state index contributed by atoms with van der Waals surface area (Å²) in [6, 6.07) is -1.22. The molecule has 1 unspecified atom stereocenters. The lowest BCUT2D eigenvalue weighted by Crippen LogP contribution is -2.49. The van der Waals surface area contributed by atoms with Crippen molar-refractivity contribution in [2.24, 2.45) is 0 Å². The molecule has 0 aromatic heterocycles. The summed E-state index contributed by atoms with van der Waals surface area (Å²) >= 11 is 0. The molecule has 3 amide bonds. The number of aliphatic carboxylic acids is 1. The molecule has 0 bridgehead atoms. The van der Waals surface area contributed by atoms with Crippen LogP contribution in [0.5, 0.6) is 0 Å². The molecule has 116 valence electrons. The number of carbonyl (C=O) groups is 3. The van der Waals surface area contributed by atoms with E-state index in [1.165, 1.54) is 7.11 Å². The Labute approximate surface area is 117 Å². The molecule has 0 aliphatic carbocycles. The molecule has 0 spiro atoms. The predicted octanol–water partition coefficient (Wildman–Crippen LogP) is -1.46. The highest BCUT2D eigenvalue weighted by molar-refractivity contribution is 5.86. The molecule has 0 aromatic carbocycles. The molecule has 0 saturated carbocycles. The van der Waals surface area contributed by atoms with Crippen LogP contribution in [0.2, 0.25) is 0 Å². The molecule has 9 heteroatoms. The van der Waals surface area contributed by atoms with Crippen molar-refractivity contribution < 1.29 is 29.0 Å². The van der Waals surface area contributed by atoms with Gasteiger partial charge in [-0.15, -0.1) is 0 Å². The van der Waals surface area contributed by atoms with Crippen LogP contribution in [-0.4, -0.2) is 69.1 Å². The van der Waals surface area contributed by atoms with Gasteiger partial charge in [0, 0.05) is 20.2 Å². The standard InChI is InChI=1S/C11H21N3O6/c1-8(10(17)12-3-5-19-2)14-11(18)13-4-6-20-7-9(15)16/h8H,3-7H2,1-2H3,(H,12,17)(H,15,16)(H2,13,14,18). The third-order valence-electron chi connectivity index (χ3n) is 2.10. The molecular formula is C11H21N3O6. The Morgan fingerprint density at radius 2 is 1.80 bits per heavy atom. The minimum atomic E-state index is -1.07. The van der Waals surface area contributed by atoms with Gasteiger partial charge < -0.3 is 30.5 Å². The summed E-state index contributed by atoms with van der Waals surface area (Å²) in [6.07, 6.45) is 0. The van der Waals surface area contributed by atoms with E-state index in [-0.39, 0.29) is 19.1 Å². The number of carbonyl (C=O) groups excluding carboxylic acids is 2. The first kappa shape index (κ1) is 18.1. The molecule has 0 heterocycles. The van der Waals surface area contributed by atoms with E-state index in [1.807, 2.05) is 0 Å². The molecular weight excluding hydrogens is 270 g/mol. The molecule has 20 heavy (non-hydrogen) atoms. The Morgan fingerprint density at radius 1 is 1.15 bits per heavy atom. The van der Waals surface area contributed by atoms with Gasteiger partial charge in [0.15, 0.2) is 0 Å². The van der Waals surface area contributed by atoms with Crippen molar-refractivity contribution >= 4 is 17.9 Å². The van der Waals surface area contributed by atoms with Crippen LogP contribution >= 0.6 is 0 Å². The largest absolute Gasteiger partial charge is 0.480 e. The average molecular weight is 291 g/mol. The Kier molecular flexibility index (Phi) is 9.97. The molecule has 0 aliphatic rings. The van der Waals surface area contributed by atoms with E-state index in [0.717, 1.165) is 0 Å². The van der Waals surface area contributed by atoms with Gasteiger partial charge in [0.2, 0.25) is 5.91 Å². The Balaban J connectivity index is 3.68. The zero-order valence-corrected chi connectivity index (χ0v) is 11.6. The summed E-state index contributed by atoms with van der Waals surface area (Å²) in [7, 11) is 1.52. The highest BCUT2D eigenvalue weighted by Gasteiger charge is 2.14. The number of hydrogen-bond acceptors (Lipinski definition) is 5. The SMILES string of the molecule is COCCNC(=O)C(C)NC(=O)NCCOCC(=O)O. The lowest BCUT2D eigenvalue weighted by molar-refractivity contribution is -0.142. The topological polar surface area (TPSA) is 126 Å². The van der Waals surface area contributed by atoms with Crippen molar-refractivity contribution in [1.29, 1.82) is 0 Å². The number of nitrogens with one attached hydrogen (secondary N) is 3. The highest BCUT2D eigenvalue weighted by Crippen LogP contribution is 1.82. The first-order chi connectivity index (χ1) is 9.47. The van der Waals surface area contributed by atoms with Crippen LogP contribution in [0.1, 0.15) is 6.92 Å². The van der Waals surface area contributed by atoms with Gasteiger partial charge in [-0.25, -0.2) is 9.59 Å². The molecule has 0 aliphatic heterocycles. The van der Waals surface area contributed by atoms with Crippen molar-refractivity contribution in [3.8, 4) is 0 Å². The Bertz CT molecular complexity index is 323. The van der Waals surface area contributed by atoms with Gasteiger partial charge in [0.05, 0.1) is 13.2 Å². The van der Waals surface area contributed by atoms with Gasteiger partial charge in [-0.2, -0.15) is 0 Å². The smallest absolute Gasteiger partial charge is 0.329 e. The fourth-order valence-corrected chi connectivity index (χ4v) is 1.14. The maximum absolute atomic E-state index is 11.5. The maximum atomic E-state index is 11.5. The minimum absolute atomic E-state index is 0.0775. The summed E-state index contributed by atoms with van der Waals surface area (Å²) in [4.78, 5) is 33.0. The molecule has 0 rings (SSSR count). The zero-order valence-electron chi connectivity index (χ0n) is 11.6. The molecule has 1 atom stereocenters. The van der Waals surface area contributed by atoms with Gasteiger partial charge in [-0.05, 0) is 6.92 Å². The van der Waals surface area contributed by atoms with Crippen LogP contribution in [0.25, 0.3) is 0 Å². The lowest BCUT2D eigenvalue weighted by atomic mass is 10.3. The van der Waals surface area contributed by atoms with Crippen molar-refractivity contribution in [3.63, 3.8) is 0 Å². The molecule has 0 aromatic rings. The number of rotatable bonds is 10. The van der Waals surface area contributed by atoms with E-state index >= 15 is 0 Å². The number of hydrogen-bond donors (Lipinski definition) is 4. The van der Waals surface area contributed by atoms with Crippen molar-refractivity contribution in [3.05, 3.63) is 0 Å². The number of amides is 3. The summed E-state index contributed by atoms with van der Waals surface area (Å²) in [6.45, 7) is 2.12. The molecule has 0 fully saturated rings. The van der Waals surface area contributed by atoms with E-state index in [0.29, 0.717) is 13.2 Å². The second-order valence-electron chi connectivity index (χ2n) is 3.85. The number of ether oxygens (including phenoxy) is 2. The van der Waals surface area contributed by atoms with Crippen LogP contribution in [-0.2, 0) is 19.1 Å². The fourth-order valence-electron chi connectivity index (χ4n) is 1.14. The first-order valence-corrected chi connectivity index (χ1v) is 6.08. The van der Waals surface area contributed by atoms with E-state index in [9.17, 15) is 14.4 Å². The van der Waals surface area contributed by atoms with Crippen LogP contribution < -0.4 is 16.0 Å². The van der Waals surface area contributed by atoms with Gasteiger partial charge in [0.1, 0.15) is 12.6 Å². The normalized spacial score (nSPS) is 11.5. The molecule has 0 saturated heterocycles. The minimum Gasteiger partial charge on any atom is -0.480 e. The predicted molar refractivity (Wildman–Crippen MR) is 69.3 cm³/mol. The molecule has 4 N–H and O–H groups in total. The van der Waals surface area contributed by atoms with Crippen LogP contribution in [0.15, 0.2) is 0 Å². The van der Waals surface area contributed by atoms with Gasteiger partial charge in [0.25, 0.3) is 0 Å². The second kappa shape index (κ2) is 11.0. The van der Waals surface area contributed by atoms with E-state index in [4.69, 9.17) is 14.6 Å². The van der Waals surface area contributed by atoms with E-state index in [1.54, 1.807) is 6.92 Å². The summed E-state index contributed by atoms with van der Waals surface area (Å²) in [5.41, 5.74) is 0. The zero-order chi connectivity index (χ0) is 15.4. The molecule has 9 nitrogen and oxygen atoms in total. The fraction of sp³-hybridized carbons (Fsp3) is 0.727. The van der Waals surface area contributed by atoms with Crippen LogP contribution in [0, 0.1) is 0 Å². The van der Waals surface area contributed by atoms with Crippen LogP contribution in [0.3, 0.4) is 0 Å².